The van der Waals surface area contributed by atoms with Gasteiger partial charge in [-0.3, -0.25) is 9.59 Å². The van der Waals surface area contributed by atoms with Gasteiger partial charge < -0.3 is 9.80 Å². The highest BCUT2D eigenvalue weighted by molar-refractivity contribution is 6.21. The third-order valence-corrected chi connectivity index (χ3v) is 5.84. The van der Waals surface area contributed by atoms with E-state index in [0.29, 0.717) is 37.6 Å². The molecular weight excluding hydrogens is 395 g/mol. The number of hydrogen-bond acceptors (Lipinski definition) is 3. The number of aryl methyl sites for hydroxylation is 1. The Morgan fingerprint density at radius 1 is 0.967 bits per heavy atom. The first-order valence-electron chi connectivity index (χ1n) is 9.94. The molecule has 1 N–H and O–H groups in total. The van der Waals surface area contributed by atoms with Gasteiger partial charge in [0.05, 0.1) is 43.9 Å². The van der Waals surface area contributed by atoms with E-state index in [2.05, 4.69) is 0 Å². The number of rotatable bonds is 3. The topological polar surface area (TPSA) is 45.1 Å². The number of amides is 2. The zero-order chi connectivity index (χ0) is 21.5. The van der Waals surface area contributed by atoms with Gasteiger partial charge in [-0.25, -0.2) is 4.90 Å². The van der Waals surface area contributed by atoms with Crippen LogP contribution in [0.4, 0.5) is 24.5 Å². The van der Waals surface area contributed by atoms with Crippen LogP contribution in [0, 0.1) is 6.92 Å². The molecule has 2 aromatic carbocycles. The summed E-state index contributed by atoms with van der Waals surface area (Å²) in [4.78, 5) is 29.7. The van der Waals surface area contributed by atoms with Gasteiger partial charge in [0.25, 0.3) is 5.91 Å². The van der Waals surface area contributed by atoms with Crippen molar-refractivity contribution in [2.75, 3.05) is 36.0 Å². The largest absolute Gasteiger partial charge is 0.416 e. The third-order valence-electron chi connectivity index (χ3n) is 5.84. The standard InChI is InChI=1S/C22H22F3N3O2/c1-15-4-2-7-18(12-15)28-20(29)14-19(21(28)30)27-10-8-26(9-11-27)17-6-3-5-16(13-17)22(23,24)25/h2-7,12-13,19H,8-11,14H2,1H3/p+1/t19-/m0/s1. The normalized spacial score (nSPS) is 20.9. The van der Waals surface area contributed by atoms with E-state index in [-0.39, 0.29) is 18.2 Å². The summed E-state index contributed by atoms with van der Waals surface area (Å²) in [5, 5.41) is 0. The van der Waals surface area contributed by atoms with E-state index in [9.17, 15) is 22.8 Å². The highest BCUT2D eigenvalue weighted by atomic mass is 19.4. The number of piperazine rings is 1. The highest BCUT2D eigenvalue weighted by Gasteiger charge is 2.46. The maximum absolute atomic E-state index is 13.0. The summed E-state index contributed by atoms with van der Waals surface area (Å²) in [6.07, 6.45) is -4.22. The molecule has 2 amide bonds. The SMILES string of the molecule is Cc1cccc(N2C(=O)C[C@H]([NH+]3CCN(c4cccc(C(F)(F)F)c4)CC3)C2=O)c1. The minimum Gasteiger partial charge on any atom is -0.360 e. The molecule has 2 aliphatic rings. The first kappa shape index (κ1) is 20.4. The number of nitrogens with one attached hydrogen (secondary N) is 1. The van der Waals surface area contributed by atoms with Crippen LogP contribution < -0.4 is 14.7 Å². The van der Waals surface area contributed by atoms with Crippen molar-refractivity contribution in [2.45, 2.75) is 25.6 Å². The van der Waals surface area contributed by atoms with Crippen molar-refractivity contribution in [3.05, 3.63) is 59.7 Å². The number of hydrogen-bond donors (Lipinski definition) is 1. The van der Waals surface area contributed by atoms with E-state index in [4.69, 9.17) is 0 Å². The molecule has 0 aliphatic carbocycles. The molecule has 2 heterocycles. The number of quaternary nitrogens is 1. The summed E-state index contributed by atoms with van der Waals surface area (Å²) in [6.45, 7) is 4.13. The molecule has 0 bridgehead atoms. The molecule has 158 valence electrons. The van der Waals surface area contributed by atoms with E-state index in [1.807, 2.05) is 30.0 Å². The Hall–Kier alpha value is -2.87. The maximum Gasteiger partial charge on any atom is 0.416 e. The Kier molecular flexibility index (Phi) is 5.27. The van der Waals surface area contributed by atoms with Crippen LogP contribution in [-0.2, 0) is 15.8 Å². The van der Waals surface area contributed by atoms with Crippen LogP contribution in [0.2, 0.25) is 0 Å². The second-order valence-electron chi connectivity index (χ2n) is 7.86. The van der Waals surface area contributed by atoms with E-state index < -0.39 is 17.8 Å². The van der Waals surface area contributed by atoms with Gasteiger partial charge in [-0.15, -0.1) is 0 Å². The third kappa shape index (κ3) is 3.92. The monoisotopic (exact) mass is 418 g/mol. The quantitative estimate of drug-likeness (QED) is 0.777. The zero-order valence-electron chi connectivity index (χ0n) is 16.6. The average molecular weight is 418 g/mol. The van der Waals surface area contributed by atoms with E-state index in [1.54, 1.807) is 12.1 Å². The molecule has 2 aliphatic heterocycles. The fourth-order valence-corrected chi connectivity index (χ4v) is 4.27. The Bertz CT molecular complexity index is 968. The molecule has 5 nitrogen and oxygen atoms in total. The number of benzene rings is 2. The highest BCUT2D eigenvalue weighted by Crippen LogP contribution is 2.31. The van der Waals surface area contributed by atoms with Crippen molar-refractivity contribution in [2.24, 2.45) is 0 Å². The number of carbonyl (C=O) groups is 2. The Balaban J connectivity index is 1.44. The van der Waals surface area contributed by atoms with Crippen molar-refractivity contribution < 1.29 is 27.7 Å². The molecule has 30 heavy (non-hydrogen) atoms. The Labute approximate surface area is 172 Å². The lowest BCUT2D eigenvalue weighted by atomic mass is 10.1. The maximum atomic E-state index is 13.0. The van der Waals surface area contributed by atoms with E-state index in [1.165, 1.54) is 11.0 Å². The molecule has 8 heteroatoms. The van der Waals surface area contributed by atoms with Crippen LogP contribution >= 0.6 is 0 Å². The van der Waals surface area contributed by atoms with Crippen LogP contribution in [0.5, 0.6) is 0 Å². The van der Waals surface area contributed by atoms with Gasteiger partial charge in [-0.05, 0) is 42.8 Å². The van der Waals surface area contributed by atoms with Crippen molar-refractivity contribution in [1.29, 1.82) is 0 Å². The smallest absolute Gasteiger partial charge is 0.360 e. The number of carbonyl (C=O) groups excluding carboxylic acids is 2. The summed E-state index contributed by atoms with van der Waals surface area (Å²) in [7, 11) is 0. The summed E-state index contributed by atoms with van der Waals surface area (Å²) < 4.78 is 39.0. The van der Waals surface area contributed by atoms with Gasteiger partial charge in [0.1, 0.15) is 0 Å². The molecule has 0 spiro atoms. The lowest BCUT2D eigenvalue weighted by molar-refractivity contribution is -0.915. The molecular formula is C22H23F3N3O2+. The molecule has 0 radical (unpaired) electrons. The minimum absolute atomic E-state index is 0.158. The number of anilines is 2. The molecule has 4 rings (SSSR count). The molecule has 2 saturated heterocycles. The fourth-order valence-electron chi connectivity index (χ4n) is 4.27. The van der Waals surface area contributed by atoms with Gasteiger partial charge in [0.2, 0.25) is 5.91 Å². The first-order valence-corrected chi connectivity index (χ1v) is 9.94. The van der Waals surface area contributed by atoms with Crippen LogP contribution in [0.15, 0.2) is 48.5 Å². The number of alkyl halides is 3. The summed E-state index contributed by atoms with van der Waals surface area (Å²) in [5.41, 5.74) is 1.42. The summed E-state index contributed by atoms with van der Waals surface area (Å²) in [5.74, 6) is -0.406. The van der Waals surface area contributed by atoms with Crippen molar-refractivity contribution >= 4 is 23.2 Å². The minimum atomic E-state index is -4.38. The van der Waals surface area contributed by atoms with Crippen molar-refractivity contribution in [1.82, 2.24) is 0 Å². The van der Waals surface area contributed by atoms with Crippen LogP contribution in [0.3, 0.4) is 0 Å². The molecule has 0 aromatic heterocycles. The lowest BCUT2D eigenvalue weighted by Gasteiger charge is -2.35. The molecule has 2 aromatic rings. The molecule has 0 saturated carbocycles. The molecule has 0 unspecified atom stereocenters. The van der Waals surface area contributed by atoms with Gasteiger partial charge in [-0.1, -0.05) is 18.2 Å². The van der Waals surface area contributed by atoms with Gasteiger partial charge in [-0.2, -0.15) is 13.2 Å². The predicted molar refractivity (Wildman–Crippen MR) is 106 cm³/mol. The van der Waals surface area contributed by atoms with Gasteiger partial charge >= 0.3 is 6.18 Å². The first-order chi connectivity index (χ1) is 14.2. The zero-order valence-corrected chi connectivity index (χ0v) is 16.6. The Morgan fingerprint density at radius 2 is 1.63 bits per heavy atom. The Morgan fingerprint density at radius 3 is 2.30 bits per heavy atom. The number of halogens is 3. The van der Waals surface area contributed by atoms with Gasteiger partial charge in [0.15, 0.2) is 6.04 Å². The predicted octanol–water partition coefficient (Wildman–Crippen LogP) is 2.05. The lowest BCUT2D eigenvalue weighted by Crippen LogP contribution is -3.19. The van der Waals surface area contributed by atoms with Crippen molar-refractivity contribution in [3.63, 3.8) is 0 Å². The van der Waals surface area contributed by atoms with Crippen LogP contribution in [-0.4, -0.2) is 44.0 Å². The summed E-state index contributed by atoms with van der Waals surface area (Å²) in [6, 6.07) is 12.2. The van der Waals surface area contributed by atoms with Gasteiger partial charge in [0, 0.05) is 5.69 Å². The van der Waals surface area contributed by atoms with Crippen molar-refractivity contribution in [3.8, 4) is 0 Å². The molecule has 1 atom stereocenters. The fraction of sp³-hybridized carbons (Fsp3) is 0.364. The average Bonchev–Trinajstić information content (AvgIpc) is 3.01. The van der Waals surface area contributed by atoms with E-state index in [0.717, 1.165) is 22.6 Å². The summed E-state index contributed by atoms with van der Waals surface area (Å²) >= 11 is 0. The molecule has 2 fully saturated rings. The van der Waals surface area contributed by atoms with E-state index >= 15 is 0 Å². The number of nitrogens with zero attached hydrogens (tertiary/aromatic N) is 2. The van der Waals surface area contributed by atoms with Crippen LogP contribution in [0.25, 0.3) is 0 Å². The number of imide groups is 1. The second-order valence-corrected chi connectivity index (χ2v) is 7.86. The second kappa shape index (κ2) is 7.75. The van der Waals surface area contributed by atoms with Crippen LogP contribution in [0.1, 0.15) is 17.5 Å².